The fraction of sp³-hybridized carbons (Fsp3) is 0.417. The third-order valence-corrected chi connectivity index (χ3v) is 2.97. The van der Waals surface area contributed by atoms with Crippen LogP contribution in [0.1, 0.15) is 31.9 Å². The van der Waals surface area contributed by atoms with Crippen molar-refractivity contribution in [2.45, 2.75) is 26.3 Å². The van der Waals surface area contributed by atoms with Crippen molar-refractivity contribution in [1.29, 1.82) is 0 Å². The summed E-state index contributed by atoms with van der Waals surface area (Å²) in [7, 11) is 0. The maximum absolute atomic E-state index is 6.14. The van der Waals surface area contributed by atoms with Gasteiger partial charge in [-0.05, 0) is 31.0 Å². The minimum absolute atomic E-state index is 0.0126. The number of hydrogen-bond acceptors (Lipinski definition) is 2. The third kappa shape index (κ3) is 4.37. The van der Waals surface area contributed by atoms with Crippen LogP contribution in [0.25, 0.3) is 0 Å². The van der Waals surface area contributed by atoms with Crippen LogP contribution in [0, 0.1) is 0 Å². The highest BCUT2D eigenvalue weighted by Crippen LogP contribution is 2.25. The van der Waals surface area contributed by atoms with Gasteiger partial charge in [-0.25, -0.2) is 5.84 Å². The lowest BCUT2D eigenvalue weighted by atomic mass is 10.1. The van der Waals surface area contributed by atoms with E-state index in [0.717, 1.165) is 12.0 Å². The first kappa shape index (κ1) is 15.1. The van der Waals surface area contributed by atoms with Crippen LogP contribution in [-0.4, -0.2) is 12.5 Å². The second-order valence-corrected chi connectivity index (χ2v) is 4.75. The Morgan fingerprint density at radius 1 is 1.44 bits per heavy atom. The highest BCUT2D eigenvalue weighted by molar-refractivity contribution is 6.35. The summed E-state index contributed by atoms with van der Waals surface area (Å²) in [6.07, 6.45) is 0.961. The lowest BCUT2D eigenvalue weighted by molar-refractivity contribution is 0.687. The summed E-state index contributed by atoms with van der Waals surface area (Å²) < 4.78 is 0. The minimum atomic E-state index is -0.0126. The van der Waals surface area contributed by atoms with Gasteiger partial charge < -0.3 is 5.32 Å². The summed E-state index contributed by atoms with van der Waals surface area (Å²) in [4.78, 5) is 4.27. The number of hydrazine groups is 1. The monoisotopic (exact) mass is 288 g/mol. The van der Waals surface area contributed by atoms with Crippen molar-refractivity contribution >= 4 is 29.2 Å². The smallest absolute Gasteiger partial charge is 0.206 e. The number of benzene rings is 1. The fourth-order valence-electron chi connectivity index (χ4n) is 1.49. The molecule has 4 nitrogen and oxygen atoms in total. The zero-order valence-electron chi connectivity index (χ0n) is 10.5. The molecule has 0 heterocycles. The fourth-order valence-corrected chi connectivity index (χ4v) is 2.06. The van der Waals surface area contributed by atoms with E-state index in [0.29, 0.717) is 22.5 Å². The average molecular weight is 289 g/mol. The van der Waals surface area contributed by atoms with Gasteiger partial charge in [0, 0.05) is 16.6 Å². The molecule has 18 heavy (non-hydrogen) atoms. The molecule has 1 aromatic rings. The summed E-state index contributed by atoms with van der Waals surface area (Å²) in [5.74, 6) is 5.96. The van der Waals surface area contributed by atoms with Crippen molar-refractivity contribution < 1.29 is 0 Å². The van der Waals surface area contributed by atoms with Gasteiger partial charge in [-0.15, -0.1) is 0 Å². The second-order valence-electron chi connectivity index (χ2n) is 3.91. The predicted molar refractivity (Wildman–Crippen MR) is 77.9 cm³/mol. The van der Waals surface area contributed by atoms with E-state index in [1.54, 1.807) is 12.1 Å². The number of nitrogens with two attached hydrogens (primary N) is 1. The molecule has 0 aliphatic heterocycles. The molecule has 0 saturated carbocycles. The molecular weight excluding hydrogens is 271 g/mol. The topological polar surface area (TPSA) is 62.4 Å². The van der Waals surface area contributed by atoms with E-state index in [-0.39, 0.29) is 6.04 Å². The summed E-state index contributed by atoms with van der Waals surface area (Å²) in [5, 5.41) is 4.40. The molecule has 0 bridgehead atoms. The minimum Gasteiger partial charge on any atom is -0.349 e. The standard InChI is InChI=1S/C12H18Cl2N4/c1-3-6-16-12(18-15)17-8(2)10-5-4-9(13)7-11(10)14/h4-5,7-8H,3,6,15H2,1-2H3,(H2,16,17,18). The highest BCUT2D eigenvalue weighted by Gasteiger charge is 2.11. The van der Waals surface area contributed by atoms with Crippen molar-refractivity contribution in [3.63, 3.8) is 0 Å². The Balaban J connectivity index is 2.77. The first-order valence-electron chi connectivity index (χ1n) is 5.81. The van der Waals surface area contributed by atoms with Gasteiger partial charge in [0.2, 0.25) is 5.96 Å². The van der Waals surface area contributed by atoms with E-state index in [1.807, 2.05) is 13.0 Å². The number of nitrogens with one attached hydrogen (secondary N) is 2. The van der Waals surface area contributed by atoms with E-state index in [9.17, 15) is 0 Å². The van der Waals surface area contributed by atoms with Gasteiger partial charge in [-0.1, -0.05) is 36.2 Å². The quantitative estimate of drug-likeness (QED) is 0.346. The molecule has 0 amide bonds. The van der Waals surface area contributed by atoms with Gasteiger partial charge in [-0.3, -0.25) is 10.4 Å². The molecule has 0 fully saturated rings. The normalized spacial score (nSPS) is 13.3. The first-order valence-corrected chi connectivity index (χ1v) is 6.56. The van der Waals surface area contributed by atoms with E-state index in [1.165, 1.54) is 0 Å². The van der Waals surface area contributed by atoms with Crippen LogP contribution in [-0.2, 0) is 0 Å². The Morgan fingerprint density at radius 2 is 2.17 bits per heavy atom. The second kappa shape index (κ2) is 7.46. The third-order valence-electron chi connectivity index (χ3n) is 2.41. The number of guanidine groups is 1. The molecule has 0 saturated heterocycles. The van der Waals surface area contributed by atoms with Crippen LogP contribution in [0.5, 0.6) is 0 Å². The average Bonchev–Trinajstić information content (AvgIpc) is 2.34. The highest BCUT2D eigenvalue weighted by atomic mass is 35.5. The van der Waals surface area contributed by atoms with Crippen LogP contribution in [0.15, 0.2) is 23.2 Å². The molecule has 0 aliphatic rings. The number of rotatable bonds is 4. The molecule has 0 radical (unpaired) electrons. The van der Waals surface area contributed by atoms with Crippen LogP contribution in [0.2, 0.25) is 10.0 Å². The van der Waals surface area contributed by atoms with Gasteiger partial charge >= 0.3 is 0 Å². The van der Waals surface area contributed by atoms with Crippen molar-refractivity contribution in [3.8, 4) is 0 Å². The van der Waals surface area contributed by atoms with Crippen LogP contribution < -0.4 is 16.6 Å². The van der Waals surface area contributed by atoms with Crippen LogP contribution in [0.3, 0.4) is 0 Å². The molecule has 6 heteroatoms. The molecular formula is C12H18Cl2N4. The molecule has 1 rings (SSSR count). The van der Waals surface area contributed by atoms with Crippen molar-refractivity contribution in [2.24, 2.45) is 10.8 Å². The van der Waals surface area contributed by atoms with Crippen molar-refractivity contribution in [1.82, 2.24) is 10.7 Å². The SMILES string of the molecule is CCCN=C(NN)NC(C)c1ccc(Cl)cc1Cl. The lowest BCUT2D eigenvalue weighted by Crippen LogP contribution is -2.42. The van der Waals surface area contributed by atoms with E-state index < -0.39 is 0 Å². The van der Waals surface area contributed by atoms with Gasteiger partial charge in [-0.2, -0.15) is 0 Å². The summed E-state index contributed by atoms with van der Waals surface area (Å²) in [6, 6.07) is 5.40. The Kier molecular flexibility index (Phi) is 6.25. The van der Waals surface area contributed by atoms with E-state index in [4.69, 9.17) is 29.0 Å². The number of hydrogen-bond donors (Lipinski definition) is 3. The summed E-state index contributed by atoms with van der Waals surface area (Å²) in [6.45, 7) is 4.75. The molecule has 100 valence electrons. The van der Waals surface area contributed by atoms with Gasteiger partial charge in [0.05, 0.1) is 6.04 Å². The van der Waals surface area contributed by atoms with Gasteiger partial charge in [0.15, 0.2) is 0 Å². The lowest BCUT2D eigenvalue weighted by Gasteiger charge is -2.18. The molecule has 4 N–H and O–H groups in total. The molecule has 0 spiro atoms. The largest absolute Gasteiger partial charge is 0.349 e. The molecule has 0 aromatic heterocycles. The van der Waals surface area contributed by atoms with Crippen molar-refractivity contribution in [2.75, 3.05) is 6.54 Å². The molecule has 1 unspecified atom stereocenters. The van der Waals surface area contributed by atoms with Crippen LogP contribution >= 0.6 is 23.2 Å². The number of nitrogens with zero attached hydrogens (tertiary/aromatic N) is 1. The number of aliphatic imine (C=N–C) groups is 1. The maximum Gasteiger partial charge on any atom is 0.206 e. The Hall–Kier alpha value is -0.970. The Morgan fingerprint density at radius 3 is 2.72 bits per heavy atom. The number of halogens is 2. The Labute approximate surface area is 118 Å². The zero-order chi connectivity index (χ0) is 13.5. The van der Waals surface area contributed by atoms with Crippen LogP contribution in [0.4, 0.5) is 0 Å². The van der Waals surface area contributed by atoms with E-state index >= 15 is 0 Å². The first-order chi connectivity index (χ1) is 8.58. The van der Waals surface area contributed by atoms with Gasteiger partial charge in [0.1, 0.15) is 0 Å². The summed E-state index contributed by atoms with van der Waals surface area (Å²) in [5.41, 5.74) is 3.48. The van der Waals surface area contributed by atoms with Crippen molar-refractivity contribution in [3.05, 3.63) is 33.8 Å². The predicted octanol–water partition coefficient (Wildman–Crippen LogP) is 2.87. The Bertz CT molecular complexity index is 421. The maximum atomic E-state index is 6.14. The molecule has 1 aromatic carbocycles. The summed E-state index contributed by atoms with van der Waals surface area (Å²) >= 11 is 12.0. The molecule has 1 atom stereocenters. The van der Waals surface area contributed by atoms with E-state index in [2.05, 4.69) is 22.7 Å². The van der Waals surface area contributed by atoms with Gasteiger partial charge in [0.25, 0.3) is 0 Å². The zero-order valence-corrected chi connectivity index (χ0v) is 12.0. The molecule has 0 aliphatic carbocycles.